The van der Waals surface area contributed by atoms with Crippen LogP contribution in [0.1, 0.15) is 4.88 Å². The van der Waals surface area contributed by atoms with Gasteiger partial charge in [0.1, 0.15) is 18.4 Å². The lowest BCUT2D eigenvalue weighted by atomic mass is 10.5. The van der Waals surface area contributed by atoms with E-state index in [0.29, 0.717) is 10.4 Å². The first-order chi connectivity index (χ1) is 10.6. The summed E-state index contributed by atoms with van der Waals surface area (Å²) in [6.07, 6.45) is 4.12. The lowest BCUT2D eigenvalue weighted by Gasteiger charge is -2.03. The molecule has 0 bridgehead atoms. The maximum absolute atomic E-state index is 12.8. The molecule has 0 saturated heterocycles. The molecule has 22 heavy (non-hydrogen) atoms. The molecule has 0 aliphatic carbocycles. The second kappa shape index (κ2) is 5.85. The summed E-state index contributed by atoms with van der Waals surface area (Å²) in [6.45, 7) is -0.281. The van der Waals surface area contributed by atoms with Gasteiger partial charge in [0.05, 0.1) is 17.3 Å². The summed E-state index contributed by atoms with van der Waals surface area (Å²) in [6, 6.07) is 4.37. The molecule has 3 aromatic rings. The van der Waals surface area contributed by atoms with Crippen molar-refractivity contribution < 1.29 is 9.18 Å². The zero-order valence-electron chi connectivity index (χ0n) is 11.0. The number of nitrogens with zero attached hydrogens (tertiary/aromatic N) is 5. The molecule has 0 spiro atoms. The number of hydrazone groups is 1. The van der Waals surface area contributed by atoms with E-state index < -0.39 is 11.5 Å². The van der Waals surface area contributed by atoms with Crippen LogP contribution in [-0.2, 0) is 11.3 Å². The maximum Gasteiger partial charge on any atom is 0.293 e. The minimum Gasteiger partial charge on any atom is -0.271 e. The van der Waals surface area contributed by atoms with Crippen molar-refractivity contribution in [1.82, 2.24) is 24.8 Å². The van der Waals surface area contributed by atoms with Gasteiger partial charge in [0.15, 0.2) is 5.13 Å². The van der Waals surface area contributed by atoms with Crippen molar-refractivity contribution in [2.45, 2.75) is 6.54 Å². The molecular weight excluding hydrogens is 311 g/mol. The van der Waals surface area contributed by atoms with Crippen LogP contribution in [0.25, 0.3) is 5.52 Å². The topological polar surface area (TPSA) is 93.6 Å². The summed E-state index contributed by atoms with van der Waals surface area (Å²) in [7, 11) is 0. The zero-order valence-corrected chi connectivity index (χ0v) is 11.8. The molecule has 3 aromatic heterocycles. The van der Waals surface area contributed by atoms with Crippen LogP contribution in [0.15, 0.2) is 40.6 Å². The Kier molecular flexibility index (Phi) is 3.74. The third-order valence-electron chi connectivity index (χ3n) is 2.69. The van der Waals surface area contributed by atoms with E-state index in [9.17, 15) is 14.0 Å². The van der Waals surface area contributed by atoms with Crippen LogP contribution in [0.5, 0.6) is 0 Å². The van der Waals surface area contributed by atoms with Crippen molar-refractivity contribution >= 4 is 29.0 Å². The van der Waals surface area contributed by atoms with Gasteiger partial charge in [-0.2, -0.15) is 19.7 Å². The van der Waals surface area contributed by atoms with Gasteiger partial charge in [0.2, 0.25) is 0 Å². The molecule has 0 saturated carbocycles. The highest BCUT2D eigenvalue weighted by molar-refractivity contribution is 7.12. The molecule has 0 radical (unpaired) electrons. The number of thiophene rings is 1. The molecule has 0 fully saturated rings. The van der Waals surface area contributed by atoms with Gasteiger partial charge in [-0.15, -0.1) is 11.3 Å². The highest BCUT2D eigenvalue weighted by atomic mass is 32.1. The molecule has 0 aromatic carbocycles. The molecule has 10 heteroatoms. The largest absolute Gasteiger partial charge is 0.293 e. The van der Waals surface area contributed by atoms with E-state index in [1.807, 2.05) is 0 Å². The van der Waals surface area contributed by atoms with Gasteiger partial charge < -0.3 is 0 Å². The molecule has 112 valence electrons. The summed E-state index contributed by atoms with van der Waals surface area (Å²) in [4.78, 5) is 24.3. The summed E-state index contributed by atoms with van der Waals surface area (Å²) < 4.78 is 15.1. The van der Waals surface area contributed by atoms with Gasteiger partial charge in [-0.3, -0.25) is 9.59 Å². The first kappa shape index (κ1) is 14.1. The number of fused-ring (bicyclic) bond motifs is 1. The molecule has 0 aliphatic rings. The van der Waals surface area contributed by atoms with E-state index in [1.165, 1.54) is 41.5 Å². The predicted molar refractivity (Wildman–Crippen MR) is 77.3 cm³/mol. The van der Waals surface area contributed by atoms with E-state index in [0.717, 1.165) is 16.0 Å². The number of nitrogens with one attached hydrogen (secondary N) is 1. The van der Waals surface area contributed by atoms with Gasteiger partial charge in [-0.05, 0) is 18.2 Å². The highest BCUT2D eigenvalue weighted by Gasteiger charge is 2.08. The number of hydrogen-bond donors (Lipinski definition) is 1. The van der Waals surface area contributed by atoms with Crippen molar-refractivity contribution in [3.8, 4) is 0 Å². The van der Waals surface area contributed by atoms with Crippen LogP contribution >= 0.6 is 11.3 Å². The van der Waals surface area contributed by atoms with Gasteiger partial charge >= 0.3 is 0 Å². The van der Waals surface area contributed by atoms with E-state index in [-0.39, 0.29) is 11.7 Å². The summed E-state index contributed by atoms with van der Waals surface area (Å²) >= 11 is 0.904. The Morgan fingerprint density at radius 1 is 1.41 bits per heavy atom. The Bertz CT molecular complexity index is 912. The molecule has 0 atom stereocenters. The second-order valence-corrected chi connectivity index (χ2v) is 5.26. The zero-order chi connectivity index (χ0) is 15.5. The van der Waals surface area contributed by atoms with Crippen molar-refractivity contribution in [1.29, 1.82) is 0 Å². The molecule has 8 nitrogen and oxygen atoms in total. The first-order valence-electron chi connectivity index (χ1n) is 6.10. The number of amides is 1. The van der Waals surface area contributed by atoms with Crippen LogP contribution in [0.3, 0.4) is 0 Å². The molecule has 1 amide bonds. The van der Waals surface area contributed by atoms with E-state index in [1.54, 1.807) is 0 Å². The molecule has 1 N–H and O–H groups in total. The Morgan fingerprint density at radius 2 is 2.27 bits per heavy atom. The lowest BCUT2D eigenvalue weighted by Crippen LogP contribution is -2.32. The number of rotatable bonds is 4. The fraction of sp³-hybridized carbons (Fsp3) is 0.0833. The number of aromatic nitrogens is 4. The fourth-order valence-electron chi connectivity index (χ4n) is 1.72. The predicted octanol–water partition coefficient (Wildman–Crippen LogP) is 0.242. The molecule has 0 aliphatic heterocycles. The molecule has 0 unspecified atom stereocenters. The van der Waals surface area contributed by atoms with Crippen LogP contribution in [0.2, 0.25) is 0 Å². The summed E-state index contributed by atoms with van der Waals surface area (Å²) in [5, 5.41) is 11.1. The Hall–Kier alpha value is -2.88. The van der Waals surface area contributed by atoms with Crippen LogP contribution < -0.4 is 11.0 Å². The standard InChI is InChI=1S/C12H9FN6O2S/c13-10-2-1-8(22-10)5-14-17-11(20)6-18-12(21)9-3-4-15-19(9)7-16-18/h1-5,7H,6H2,(H,17,20). The molecular formula is C12H9FN6O2S. The molecule has 3 rings (SSSR count). The number of halogens is 1. The average Bonchev–Trinajstić information content (AvgIpc) is 3.11. The van der Waals surface area contributed by atoms with Crippen molar-refractivity contribution in [3.05, 3.63) is 51.1 Å². The second-order valence-electron chi connectivity index (χ2n) is 4.19. The van der Waals surface area contributed by atoms with Gasteiger partial charge in [-0.1, -0.05) is 0 Å². The summed E-state index contributed by atoms with van der Waals surface area (Å²) in [5.41, 5.74) is 2.14. The number of hydrogen-bond acceptors (Lipinski definition) is 6. The minimum atomic E-state index is -0.522. The van der Waals surface area contributed by atoms with Crippen molar-refractivity contribution in [3.63, 3.8) is 0 Å². The van der Waals surface area contributed by atoms with Gasteiger partial charge in [0.25, 0.3) is 11.5 Å². The first-order valence-corrected chi connectivity index (χ1v) is 6.92. The third-order valence-corrected chi connectivity index (χ3v) is 3.50. The smallest absolute Gasteiger partial charge is 0.271 e. The Morgan fingerprint density at radius 3 is 3.05 bits per heavy atom. The average molecular weight is 320 g/mol. The minimum absolute atomic E-state index is 0.281. The SMILES string of the molecule is O=C(Cn1ncn2nccc2c1=O)NN=Cc1ccc(F)s1. The normalized spacial score (nSPS) is 11.3. The van der Waals surface area contributed by atoms with Crippen LogP contribution in [-0.4, -0.2) is 31.5 Å². The highest BCUT2D eigenvalue weighted by Crippen LogP contribution is 2.11. The maximum atomic E-state index is 12.8. The van der Waals surface area contributed by atoms with E-state index in [2.05, 4.69) is 20.7 Å². The Balaban J connectivity index is 1.67. The van der Waals surface area contributed by atoms with Crippen LogP contribution in [0, 0.1) is 5.13 Å². The number of carbonyl (C=O) groups is 1. The summed E-state index contributed by atoms with van der Waals surface area (Å²) in [5.74, 6) is -0.522. The van der Waals surface area contributed by atoms with Crippen LogP contribution in [0.4, 0.5) is 4.39 Å². The fourth-order valence-corrected chi connectivity index (χ4v) is 2.32. The Labute approximate surface area is 126 Å². The van der Waals surface area contributed by atoms with Gasteiger partial charge in [-0.25, -0.2) is 14.6 Å². The van der Waals surface area contributed by atoms with E-state index in [4.69, 9.17) is 0 Å². The lowest BCUT2D eigenvalue weighted by molar-refractivity contribution is -0.121. The van der Waals surface area contributed by atoms with Crippen molar-refractivity contribution in [2.75, 3.05) is 0 Å². The van der Waals surface area contributed by atoms with E-state index >= 15 is 0 Å². The van der Waals surface area contributed by atoms with Crippen molar-refractivity contribution in [2.24, 2.45) is 5.10 Å². The monoisotopic (exact) mass is 320 g/mol. The van der Waals surface area contributed by atoms with Gasteiger partial charge in [0, 0.05) is 0 Å². The number of carbonyl (C=O) groups excluding carboxylic acids is 1. The quantitative estimate of drug-likeness (QED) is 0.550. The third kappa shape index (κ3) is 2.91. The molecule has 3 heterocycles.